The Morgan fingerprint density at radius 1 is 1.16 bits per heavy atom. The van der Waals surface area contributed by atoms with Crippen LogP contribution in [0.3, 0.4) is 0 Å². The first-order valence-electron chi connectivity index (χ1n) is 10.9. The molecule has 32 heavy (non-hydrogen) atoms. The van der Waals surface area contributed by atoms with Gasteiger partial charge in [0.25, 0.3) is 5.56 Å². The van der Waals surface area contributed by atoms with Crippen LogP contribution in [0.1, 0.15) is 12.8 Å². The molecule has 7 nitrogen and oxygen atoms in total. The average Bonchev–Trinajstić information content (AvgIpc) is 3.30. The number of fused-ring (bicyclic) bond motifs is 1. The number of pyridine rings is 1. The molecule has 168 valence electrons. The Hall–Kier alpha value is -2.19. The Bertz CT molecular complexity index is 1180. The second-order valence-corrected chi connectivity index (χ2v) is 9.20. The molecule has 1 unspecified atom stereocenters. The molecule has 0 aliphatic carbocycles. The van der Waals surface area contributed by atoms with E-state index in [1.54, 1.807) is 42.1 Å². The minimum atomic E-state index is -0.196. The molecule has 0 N–H and O–H groups in total. The number of hydrogen-bond donors (Lipinski definition) is 0. The van der Waals surface area contributed by atoms with Gasteiger partial charge in [-0.25, -0.2) is 4.98 Å². The summed E-state index contributed by atoms with van der Waals surface area (Å²) in [6.07, 6.45) is 4.46. The van der Waals surface area contributed by atoms with Gasteiger partial charge < -0.3 is 9.64 Å². The van der Waals surface area contributed by atoms with Gasteiger partial charge in [0, 0.05) is 63.5 Å². The van der Waals surface area contributed by atoms with Gasteiger partial charge in [0.1, 0.15) is 5.65 Å². The first-order chi connectivity index (χ1) is 15.5. The van der Waals surface area contributed by atoms with Crippen molar-refractivity contribution in [1.82, 2.24) is 19.4 Å². The number of halogens is 2. The van der Waals surface area contributed by atoms with E-state index in [0.29, 0.717) is 38.9 Å². The zero-order valence-corrected chi connectivity index (χ0v) is 19.4. The number of hydrogen-bond acceptors (Lipinski definition) is 6. The van der Waals surface area contributed by atoms with Gasteiger partial charge in [-0.15, -0.1) is 0 Å². The predicted molar refractivity (Wildman–Crippen MR) is 128 cm³/mol. The molecule has 2 aliphatic heterocycles. The summed E-state index contributed by atoms with van der Waals surface area (Å²) >= 11 is 12.7. The fraction of sp³-hybridized carbons (Fsp3) is 0.435. The van der Waals surface area contributed by atoms with Crippen molar-refractivity contribution < 1.29 is 4.74 Å². The summed E-state index contributed by atoms with van der Waals surface area (Å²) in [6.45, 7) is 5.47. The number of piperazine rings is 1. The van der Waals surface area contributed by atoms with E-state index in [1.807, 2.05) is 0 Å². The van der Waals surface area contributed by atoms with Gasteiger partial charge >= 0.3 is 0 Å². The van der Waals surface area contributed by atoms with Crippen molar-refractivity contribution in [2.24, 2.45) is 7.05 Å². The first-order valence-corrected chi connectivity index (χ1v) is 11.7. The number of aryl methyl sites for hydroxylation is 1. The van der Waals surface area contributed by atoms with Crippen LogP contribution >= 0.6 is 23.2 Å². The highest BCUT2D eigenvalue weighted by molar-refractivity contribution is 6.39. The molecular formula is C23H25Cl2N5O2. The number of nitrogens with zero attached hydrogens (tertiary/aromatic N) is 5. The van der Waals surface area contributed by atoms with Crippen LogP contribution in [-0.4, -0.2) is 64.9 Å². The topological polar surface area (TPSA) is 63.5 Å². The highest BCUT2D eigenvalue weighted by atomic mass is 35.5. The van der Waals surface area contributed by atoms with E-state index in [4.69, 9.17) is 32.9 Å². The minimum Gasteiger partial charge on any atom is -0.377 e. The standard InChI is InChI=1S/C23H25Cl2N5O2/c1-28-21-15(12-17(22(28)31)20-18(24)5-2-6-19(20)25)13-26-23(27-21)30-9-7-29(8-10-30)14-16-4-3-11-32-16/h2,5-6,12-13,16H,3-4,7-11,14H2,1H3. The monoisotopic (exact) mass is 473 g/mol. The summed E-state index contributed by atoms with van der Waals surface area (Å²) in [4.78, 5) is 27.1. The van der Waals surface area contributed by atoms with E-state index in [-0.39, 0.29) is 5.56 Å². The number of benzene rings is 1. The lowest BCUT2D eigenvalue weighted by Crippen LogP contribution is -2.49. The van der Waals surface area contributed by atoms with Crippen LogP contribution in [0.5, 0.6) is 0 Å². The van der Waals surface area contributed by atoms with Crippen LogP contribution in [0.15, 0.2) is 35.3 Å². The summed E-state index contributed by atoms with van der Waals surface area (Å²) in [6, 6.07) is 6.98. The molecule has 0 bridgehead atoms. The molecule has 1 aromatic carbocycles. The van der Waals surface area contributed by atoms with Gasteiger partial charge in [0.2, 0.25) is 5.95 Å². The summed E-state index contributed by atoms with van der Waals surface area (Å²) in [5.41, 5.74) is 1.37. The van der Waals surface area contributed by atoms with Crippen LogP contribution in [0.4, 0.5) is 5.95 Å². The smallest absolute Gasteiger partial charge is 0.259 e. The highest BCUT2D eigenvalue weighted by Crippen LogP contribution is 2.33. The van der Waals surface area contributed by atoms with Gasteiger partial charge in [-0.2, -0.15) is 4.98 Å². The van der Waals surface area contributed by atoms with Crippen molar-refractivity contribution in [3.8, 4) is 11.1 Å². The van der Waals surface area contributed by atoms with E-state index < -0.39 is 0 Å². The fourth-order valence-electron chi connectivity index (χ4n) is 4.53. The maximum absolute atomic E-state index is 13.1. The van der Waals surface area contributed by atoms with Gasteiger partial charge in [0.15, 0.2) is 0 Å². The van der Waals surface area contributed by atoms with Crippen molar-refractivity contribution in [2.45, 2.75) is 18.9 Å². The SMILES string of the molecule is Cn1c(=O)c(-c2c(Cl)cccc2Cl)cc2cnc(N3CCN(CC4CCCO4)CC3)nc21. The molecule has 2 saturated heterocycles. The van der Waals surface area contributed by atoms with E-state index in [0.717, 1.165) is 51.1 Å². The second kappa shape index (κ2) is 8.98. The van der Waals surface area contributed by atoms with Crippen molar-refractivity contribution in [2.75, 3.05) is 44.2 Å². The lowest BCUT2D eigenvalue weighted by Gasteiger charge is -2.35. The molecule has 1 atom stereocenters. The molecule has 2 fully saturated rings. The van der Waals surface area contributed by atoms with Crippen LogP contribution < -0.4 is 10.5 Å². The van der Waals surface area contributed by atoms with Gasteiger partial charge in [0.05, 0.1) is 21.7 Å². The summed E-state index contributed by atoms with van der Waals surface area (Å²) < 4.78 is 7.31. The molecule has 5 rings (SSSR count). The molecule has 2 aliphatic rings. The third kappa shape index (κ3) is 4.10. The maximum atomic E-state index is 13.1. The largest absolute Gasteiger partial charge is 0.377 e. The average molecular weight is 474 g/mol. The maximum Gasteiger partial charge on any atom is 0.259 e. The minimum absolute atomic E-state index is 0.196. The molecule has 3 aromatic rings. The second-order valence-electron chi connectivity index (χ2n) is 8.39. The molecule has 4 heterocycles. The van der Waals surface area contributed by atoms with Gasteiger partial charge in [-0.1, -0.05) is 29.3 Å². The lowest BCUT2D eigenvalue weighted by atomic mass is 10.1. The number of rotatable bonds is 4. The van der Waals surface area contributed by atoms with Crippen molar-refractivity contribution in [3.63, 3.8) is 0 Å². The zero-order chi connectivity index (χ0) is 22.2. The van der Waals surface area contributed by atoms with Gasteiger partial charge in [-0.05, 0) is 31.0 Å². The van der Waals surface area contributed by atoms with Crippen LogP contribution in [0.25, 0.3) is 22.2 Å². The normalized spacial score (nSPS) is 19.7. The summed E-state index contributed by atoms with van der Waals surface area (Å²) in [5.74, 6) is 0.646. The van der Waals surface area contributed by atoms with Crippen LogP contribution in [0.2, 0.25) is 10.0 Å². The Labute approximate surface area is 196 Å². The number of aromatic nitrogens is 3. The molecule has 0 saturated carbocycles. The van der Waals surface area contributed by atoms with E-state index in [9.17, 15) is 4.79 Å². The lowest BCUT2D eigenvalue weighted by molar-refractivity contribution is 0.0712. The summed E-state index contributed by atoms with van der Waals surface area (Å²) in [5, 5.41) is 1.64. The molecule has 0 spiro atoms. The third-order valence-corrected chi connectivity index (χ3v) is 6.94. The molecule has 0 amide bonds. The third-order valence-electron chi connectivity index (χ3n) is 6.31. The Balaban J connectivity index is 1.40. The Kier molecular flexibility index (Phi) is 6.07. The number of anilines is 1. The quantitative estimate of drug-likeness (QED) is 0.576. The Morgan fingerprint density at radius 3 is 2.59 bits per heavy atom. The van der Waals surface area contributed by atoms with Crippen molar-refractivity contribution in [3.05, 3.63) is 50.9 Å². The summed E-state index contributed by atoms with van der Waals surface area (Å²) in [7, 11) is 1.72. The van der Waals surface area contributed by atoms with E-state index in [2.05, 4.69) is 14.8 Å². The van der Waals surface area contributed by atoms with Crippen molar-refractivity contribution in [1.29, 1.82) is 0 Å². The first kappa shape index (κ1) is 21.6. The zero-order valence-electron chi connectivity index (χ0n) is 17.9. The predicted octanol–water partition coefficient (Wildman–Crippen LogP) is 3.60. The van der Waals surface area contributed by atoms with Crippen molar-refractivity contribution >= 4 is 40.2 Å². The van der Waals surface area contributed by atoms with Gasteiger partial charge in [-0.3, -0.25) is 14.3 Å². The molecule has 0 radical (unpaired) electrons. The van der Waals surface area contributed by atoms with Crippen LogP contribution in [-0.2, 0) is 11.8 Å². The highest BCUT2D eigenvalue weighted by Gasteiger charge is 2.24. The van der Waals surface area contributed by atoms with E-state index >= 15 is 0 Å². The molecule has 9 heteroatoms. The van der Waals surface area contributed by atoms with Crippen LogP contribution in [0, 0.1) is 0 Å². The molecular weight excluding hydrogens is 449 g/mol. The van der Waals surface area contributed by atoms with E-state index in [1.165, 1.54) is 6.42 Å². The Morgan fingerprint density at radius 2 is 1.91 bits per heavy atom. The fourth-order valence-corrected chi connectivity index (χ4v) is 5.13. The number of ether oxygens (including phenoxy) is 1. The molecule has 2 aromatic heterocycles.